The van der Waals surface area contributed by atoms with Gasteiger partial charge in [-0.15, -0.1) is 5.10 Å². The number of fused-ring (bicyclic) bond motifs is 1. The molecule has 3 N–H and O–H groups in total. The van der Waals surface area contributed by atoms with E-state index in [1.807, 2.05) is 37.3 Å². The number of H-pyrrole nitrogens is 1. The standard InChI is InChI=1S/C22H19ClN4O3/c1-12-19-20(15(10-24)21(25)30-22(19)27-26-12)13-7-8-17(28-2)14(9-13)11-29-18-6-4-3-5-16(18)23/h3-9,20H,11,25H2,1-2H3,(H,26,27)/t20-/m0/s1. The Morgan fingerprint density at radius 1 is 1.27 bits per heavy atom. The number of nitrogens with zero attached hydrogens (tertiary/aromatic N) is 2. The molecule has 0 fully saturated rings. The Labute approximate surface area is 178 Å². The molecular formula is C22H19ClN4O3. The normalized spacial score (nSPS) is 15.2. The van der Waals surface area contributed by atoms with Gasteiger partial charge in [0.25, 0.3) is 0 Å². The summed E-state index contributed by atoms with van der Waals surface area (Å²) >= 11 is 6.20. The quantitative estimate of drug-likeness (QED) is 0.638. The lowest BCUT2D eigenvalue weighted by molar-refractivity contribution is 0.296. The fourth-order valence-electron chi connectivity index (χ4n) is 3.54. The fraction of sp³-hybridized carbons (Fsp3) is 0.182. The van der Waals surface area contributed by atoms with Crippen LogP contribution in [0.15, 0.2) is 53.9 Å². The van der Waals surface area contributed by atoms with Crippen LogP contribution < -0.4 is 19.9 Å². The molecule has 2 aromatic carbocycles. The van der Waals surface area contributed by atoms with E-state index in [9.17, 15) is 5.26 Å². The average molecular weight is 423 g/mol. The van der Waals surface area contributed by atoms with Crippen molar-refractivity contribution in [2.45, 2.75) is 19.4 Å². The van der Waals surface area contributed by atoms with Gasteiger partial charge in [-0.05, 0) is 36.8 Å². The van der Waals surface area contributed by atoms with Crippen LogP contribution in [0, 0.1) is 18.3 Å². The lowest BCUT2D eigenvalue weighted by Crippen LogP contribution is -2.21. The minimum Gasteiger partial charge on any atom is -0.496 e. The number of nitrogens with two attached hydrogens (primary N) is 1. The molecule has 1 aromatic heterocycles. The number of aryl methyl sites for hydroxylation is 1. The van der Waals surface area contributed by atoms with Gasteiger partial charge < -0.3 is 19.9 Å². The third-order valence-electron chi connectivity index (χ3n) is 4.99. The van der Waals surface area contributed by atoms with Crippen LogP contribution in [0.2, 0.25) is 5.02 Å². The van der Waals surface area contributed by atoms with Crippen LogP contribution in [0.25, 0.3) is 0 Å². The lowest BCUT2D eigenvalue weighted by Gasteiger charge is -2.24. The summed E-state index contributed by atoms with van der Waals surface area (Å²) in [5.41, 5.74) is 9.57. The van der Waals surface area contributed by atoms with Crippen LogP contribution in [0.3, 0.4) is 0 Å². The molecule has 0 radical (unpaired) electrons. The minimum atomic E-state index is -0.414. The van der Waals surface area contributed by atoms with Crippen LogP contribution in [-0.2, 0) is 6.61 Å². The number of nitriles is 1. The number of methoxy groups -OCH3 is 1. The molecule has 0 spiro atoms. The smallest absolute Gasteiger partial charge is 0.244 e. The van der Waals surface area contributed by atoms with E-state index in [0.29, 0.717) is 28.0 Å². The number of nitrogens with one attached hydrogen (secondary N) is 1. The summed E-state index contributed by atoms with van der Waals surface area (Å²) in [7, 11) is 1.60. The first kappa shape index (κ1) is 19.7. The van der Waals surface area contributed by atoms with Crippen molar-refractivity contribution in [1.29, 1.82) is 5.26 Å². The Kier molecular flexibility index (Phi) is 5.25. The Morgan fingerprint density at radius 3 is 2.80 bits per heavy atom. The second-order valence-electron chi connectivity index (χ2n) is 6.78. The molecule has 1 atom stereocenters. The summed E-state index contributed by atoms with van der Waals surface area (Å²) in [6.07, 6.45) is 0. The molecule has 0 saturated carbocycles. The number of hydrogen-bond acceptors (Lipinski definition) is 6. The van der Waals surface area contributed by atoms with Gasteiger partial charge in [-0.2, -0.15) is 5.26 Å². The van der Waals surface area contributed by atoms with Crippen molar-refractivity contribution < 1.29 is 14.2 Å². The topological polar surface area (TPSA) is 106 Å². The third kappa shape index (κ3) is 3.42. The van der Waals surface area contributed by atoms with Gasteiger partial charge in [0.1, 0.15) is 29.7 Å². The molecule has 1 aliphatic rings. The Morgan fingerprint density at radius 2 is 2.07 bits per heavy atom. The minimum absolute atomic E-state index is 0.0474. The van der Waals surface area contributed by atoms with Crippen molar-refractivity contribution in [1.82, 2.24) is 10.2 Å². The van der Waals surface area contributed by atoms with Gasteiger partial charge in [0.05, 0.1) is 18.1 Å². The molecule has 1 aliphatic heterocycles. The van der Waals surface area contributed by atoms with E-state index in [0.717, 1.165) is 22.4 Å². The van der Waals surface area contributed by atoms with Gasteiger partial charge in [-0.3, -0.25) is 5.10 Å². The largest absolute Gasteiger partial charge is 0.496 e. The van der Waals surface area contributed by atoms with Crippen LogP contribution >= 0.6 is 11.6 Å². The number of aromatic nitrogens is 2. The van der Waals surface area contributed by atoms with Crippen LogP contribution in [0.1, 0.15) is 28.3 Å². The molecule has 3 aromatic rings. The molecule has 0 saturated heterocycles. The number of aromatic amines is 1. The van der Waals surface area contributed by atoms with Crippen molar-refractivity contribution in [2.24, 2.45) is 5.73 Å². The zero-order valence-corrected chi connectivity index (χ0v) is 17.2. The molecule has 0 unspecified atom stereocenters. The van der Waals surface area contributed by atoms with Crippen molar-refractivity contribution >= 4 is 11.6 Å². The maximum absolute atomic E-state index is 9.74. The predicted octanol–water partition coefficient (Wildman–Crippen LogP) is 4.18. The van der Waals surface area contributed by atoms with E-state index < -0.39 is 5.92 Å². The van der Waals surface area contributed by atoms with E-state index >= 15 is 0 Å². The van der Waals surface area contributed by atoms with Gasteiger partial charge in [-0.1, -0.05) is 29.8 Å². The molecule has 0 amide bonds. The average Bonchev–Trinajstić information content (AvgIpc) is 3.12. The predicted molar refractivity (Wildman–Crippen MR) is 111 cm³/mol. The summed E-state index contributed by atoms with van der Waals surface area (Å²) in [6, 6.07) is 15.1. The number of ether oxygens (including phenoxy) is 3. The van der Waals surface area contributed by atoms with Crippen molar-refractivity contribution in [3.63, 3.8) is 0 Å². The van der Waals surface area contributed by atoms with Crippen molar-refractivity contribution in [2.75, 3.05) is 7.11 Å². The first-order valence-corrected chi connectivity index (χ1v) is 9.57. The number of benzene rings is 2. The summed E-state index contributed by atoms with van der Waals surface area (Å²) in [5, 5.41) is 17.3. The molecule has 2 heterocycles. The van der Waals surface area contributed by atoms with E-state index in [1.165, 1.54) is 0 Å². The second-order valence-corrected chi connectivity index (χ2v) is 7.19. The summed E-state index contributed by atoms with van der Waals surface area (Å²) < 4.78 is 16.9. The summed E-state index contributed by atoms with van der Waals surface area (Å²) in [5.74, 6) is 1.25. The van der Waals surface area contributed by atoms with E-state index in [1.54, 1.807) is 19.2 Å². The highest BCUT2D eigenvalue weighted by atomic mass is 35.5. The number of rotatable bonds is 5. The highest BCUT2D eigenvalue weighted by molar-refractivity contribution is 6.32. The van der Waals surface area contributed by atoms with Gasteiger partial charge in [0, 0.05) is 16.8 Å². The fourth-order valence-corrected chi connectivity index (χ4v) is 3.73. The Bertz CT molecular complexity index is 1180. The van der Waals surface area contributed by atoms with E-state index in [4.69, 9.17) is 31.5 Å². The maximum atomic E-state index is 9.74. The third-order valence-corrected chi connectivity index (χ3v) is 5.30. The molecule has 8 heteroatoms. The van der Waals surface area contributed by atoms with Gasteiger partial charge in [0.15, 0.2) is 0 Å². The number of para-hydroxylation sites is 1. The number of hydrogen-bond donors (Lipinski definition) is 2. The van der Waals surface area contributed by atoms with Crippen molar-refractivity contribution in [3.8, 4) is 23.4 Å². The molecule has 0 aliphatic carbocycles. The molecule has 0 bridgehead atoms. The van der Waals surface area contributed by atoms with Gasteiger partial charge in [-0.25, -0.2) is 0 Å². The molecular weight excluding hydrogens is 404 g/mol. The highest BCUT2D eigenvalue weighted by Gasteiger charge is 2.34. The first-order valence-electron chi connectivity index (χ1n) is 9.20. The molecule has 30 heavy (non-hydrogen) atoms. The van der Waals surface area contributed by atoms with E-state index in [2.05, 4.69) is 16.3 Å². The molecule has 7 nitrogen and oxygen atoms in total. The Hall–Kier alpha value is -3.63. The summed E-state index contributed by atoms with van der Waals surface area (Å²) in [4.78, 5) is 0. The molecule has 152 valence electrons. The van der Waals surface area contributed by atoms with Gasteiger partial charge in [0.2, 0.25) is 11.8 Å². The zero-order chi connectivity index (χ0) is 21.3. The second kappa shape index (κ2) is 8.01. The Balaban J connectivity index is 1.75. The van der Waals surface area contributed by atoms with Crippen LogP contribution in [0.5, 0.6) is 17.4 Å². The van der Waals surface area contributed by atoms with E-state index in [-0.39, 0.29) is 12.5 Å². The monoisotopic (exact) mass is 422 g/mol. The maximum Gasteiger partial charge on any atom is 0.244 e. The number of halogens is 1. The van der Waals surface area contributed by atoms with Crippen LogP contribution in [0.4, 0.5) is 0 Å². The van der Waals surface area contributed by atoms with Crippen molar-refractivity contribution in [3.05, 3.63) is 81.3 Å². The SMILES string of the molecule is COc1ccc([C@H]2C(C#N)=C(N)Oc3n[nH]c(C)c32)cc1COc1ccccc1Cl. The highest BCUT2D eigenvalue weighted by Crippen LogP contribution is 2.43. The lowest BCUT2D eigenvalue weighted by atomic mass is 9.83. The van der Waals surface area contributed by atoms with Gasteiger partial charge >= 0.3 is 0 Å². The number of allylic oxidation sites excluding steroid dienone is 1. The summed E-state index contributed by atoms with van der Waals surface area (Å²) in [6.45, 7) is 2.12. The molecule has 4 rings (SSSR count). The zero-order valence-electron chi connectivity index (χ0n) is 16.4. The first-order chi connectivity index (χ1) is 14.5. The van der Waals surface area contributed by atoms with Crippen LogP contribution in [-0.4, -0.2) is 17.3 Å².